The van der Waals surface area contributed by atoms with Crippen LogP contribution in [-0.4, -0.2) is 4.98 Å². The fourth-order valence-corrected chi connectivity index (χ4v) is 3.27. The lowest BCUT2D eigenvalue weighted by atomic mass is 10.1. The first-order chi connectivity index (χ1) is 11.2. The van der Waals surface area contributed by atoms with Crippen LogP contribution in [0.4, 0.5) is 0 Å². The summed E-state index contributed by atoms with van der Waals surface area (Å²) in [5.41, 5.74) is 3.49. The minimum atomic E-state index is 0.558. The van der Waals surface area contributed by atoms with Gasteiger partial charge in [-0.1, -0.05) is 54.1 Å². The Morgan fingerprint density at radius 1 is 1.13 bits per heavy atom. The summed E-state index contributed by atoms with van der Waals surface area (Å²) in [5, 5.41) is 10.9. The molecule has 0 aliphatic carbocycles. The number of benzene rings is 2. The topological polar surface area (TPSA) is 36.7 Å². The molecular weight excluding hydrogens is 324 g/mol. The molecule has 0 radical (unpaired) electrons. The molecule has 3 rings (SSSR count). The molecule has 0 fully saturated rings. The number of nitriles is 1. The zero-order valence-electron chi connectivity index (χ0n) is 12.5. The van der Waals surface area contributed by atoms with Crippen LogP contribution in [0, 0.1) is 18.3 Å². The fourth-order valence-electron chi connectivity index (χ4n) is 2.24. The predicted octanol–water partition coefficient (Wildman–Crippen LogP) is 5.84. The van der Waals surface area contributed by atoms with Gasteiger partial charge in [-0.05, 0) is 30.7 Å². The molecule has 0 bridgehead atoms. The van der Waals surface area contributed by atoms with Crippen molar-refractivity contribution < 1.29 is 0 Å². The van der Waals surface area contributed by atoms with Crippen LogP contribution < -0.4 is 0 Å². The van der Waals surface area contributed by atoms with Gasteiger partial charge in [0.1, 0.15) is 11.1 Å². The van der Waals surface area contributed by atoms with Gasteiger partial charge in [0.25, 0.3) is 0 Å². The Kier molecular flexibility index (Phi) is 4.57. The molecule has 112 valence electrons. The summed E-state index contributed by atoms with van der Waals surface area (Å²) in [5.74, 6) is 0. The molecule has 3 aromatic rings. The average molecular weight is 337 g/mol. The number of hydrogen-bond donors (Lipinski definition) is 0. The van der Waals surface area contributed by atoms with E-state index in [4.69, 9.17) is 11.6 Å². The lowest BCUT2D eigenvalue weighted by molar-refractivity contribution is 1.34. The smallest absolute Gasteiger partial charge is 0.134 e. The quantitative estimate of drug-likeness (QED) is 0.564. The molecule has 0 spiro atoms. The van der Waals surface area contributed by atoms with Gasteiger partial charge in [0.05, 0.1) is 11.3 Å². The van der Waals surface area contributed by atoms with Crippen molar-refractivity contribution in [1.29, 1.82) is 5.26 Å². The van der Waals surface area contributed by atoms with Gasteiger partial charge in [0.2, 0.25) is 0 Å². The Morgan fingerprint density at radius 3 is 2.48 bits per heavy atom. The van der Waals surface area contributed by atoms with E-state index < -0.39 is 0 Å². The summed E-state index contributed by atoms with van der Waals surface area (Å²) >= 11 is 7.43. The van der Waals surface area contributed by atoms with E-state index in [9.17, 15) is 5.26 Å². The molecule has 0 amide bonds. The summed E-state index contributed by atoms with van der Waals surface area (Å²) in [6.07, 6.45) is 1.84. The first-order valence-electron chi connectivity index (χ1n) is 7.08. The van der Waals surface area contributed by atoms with Crippen LogP contribution in [0.2, 0.25) is 5.02 Å². The minimum Gasteiger partial charge on any atom is -0.235 e. The second-order valence-corrected chi connectivity index (χ2v) is 6.65. The lowest BCUT2D eigenvalue weighted by Crippen LogP contribution is -1.83. The van der Waals surface area contributed by atoms with Crippen molar-refractivity contribution in [2.45, 2.75) is 6.92 Å². The molecule has 0 saturated heterocycles. The maximum Gasteiger partial charge on any atom is 0.134 e. The first kappa shape index (κ1) is 15.5. The Balaban J connectivity index is 2.00. The number of aromatic nitrogens is 1. The Labute approximate surface area is 144 Å². The van der Waals surface area contributed by atoms with E-state index in [0.717, 1.165) is 26.7 Å². The van der Waals surface area contributed by atoms with Gasteiger partial charge in [-0.25, -0.2) is 4.98 Å². The van der Waals surface area contributed by atoms with E-state index in [-0.39, 0.29) is 0 Å². The van der Waals surface area contributed by atoms with Crippen LogP contribution in [-0.2, 0) is 0 Å². The normalized spacial score (nSPS) is 11.3. The standard InChI is InChI=1S/C19H13ClN2S/c1-13-18(15-5-3-2-4-6-15)22-19(23-13)16(12-21)11-14-7-9-17(20)10-8-14/h2-11H,1H3. The third-order valence-corrected chi connectivity index (χ3v) is 4.63. The zero-order chi connectivity index (χ0) is 16.2. The van der Waals surface area contributed by atoms with Gasteiger partial charge in [-0.15, -0.1) is 11.3 Å². The van der Waals surface area contributed by atoms with Gasteiger partial charge in [0, 0.05) is 15.5 Å². The van der Waals surface area contributed by atoms with E-state index in [2.05, 4.69) is 11.1 Å². The predicted molar refractivity (Wildman–Crippen MR) is 97.2 cm³/mol. The van der Waals surface area contributed by atoms with Crippen molar-refractivity contribution in [3.63, 3.8) is 0 Å². The van der Waals surface area contributed by atoms with Crippen LogP contribution in [0.3, 0.4) is 0 Å². The number of nitrogens with zero attached hydrogens (tertiary/aromatic N) is 2. The van der Waals surface area contributed by atoms with Crippen molar-refractivity contribution in [3.05, 3.63) is 75.1 Å². The third kappa shape index (κ3) is 3.50. The summed E-state index contributed by atoms with van der Waals surface area (Å²) in [6.45, 7) is 2.03. The first-order valence-corrected chi connectivity index (χ1v) is 8.27. The summed E-state index contributed by atoms with van der Waals surface area (Å²) < 4.78 is 0. The molecular formula is C19H13ClN2S. The number of hydrogen-bond acceptors (Lipinski definition) is 3. The van der Waals surface area contributed by atoms with Crippen molar-refractivity contribution in [3.8, 4) is 17.3 Å². The molecule has 0 N–H and O–H groups in total. The van der Waals surface area contributed by atoms with Crippen LogP contribution >= 0.6 is 22.9 Å². The van der Waals surface area contributed by atoms with Crippen molar-refractivity contribution in [1.82, 2.24) is 4.98 Å². The number of thiazole rings is 1. The zero-order valence-corrected chi connectivity index (χ0v) is 14.0. The highest BCUT2D eigenvalue weighted by Gasteiger charge is 2.12. The fraction of sp³-hybridized carbons (Fsp3) is 0.0526. The number of allylic oxidation sites excluding steroid dienone is 1. The molecule has 0 aliphatic rings. The monoisotopic (exact) mass is 336 g/mol. The SMILES string of the molecule is Cc1sc(C(C#N)=Cc2ccc(Cl)cc2)nc1-c1ccccc1. The Morgan fingerprint density at radius 2 is 1.83 bits per heavy atom. The van der Waals surface area contributed by atoms with Crippen LogP contribution in [0.1, 0.15) is 15.4 Å². The average Bonchev–Trinajstić information content (AvgIpc) is 2.97. The Hall–Kier alpha value is -2.41. The highest BCUT2D eigenvalue weighted by Crippen LogP contribution is 2.31. The highest BCUT2D eigenvalue weighted by atomic mass is 35.5. The summed E-state index contributed by atoms with van der Waals surface area (Å²) in [6, 6.07) is 19.7. The molecule has 0 atom stereocenters. The van der Waals surface area contributed by atoms with E-state index in [0.29, 0.717) is 10.6 Å². The Bertz CT molecular complexity index is 887. The molecule has 4 heteroatoms. The van der Waals surface area contributed by atoms with Gasteiger partial charge in [-0.3, -0.25) is 0 Å². The lowest BCUT2D eigenvalue weighted by Gasteiger charge is -1.97. The molecule has 1 heterocycles. The molecule has 2 aromatic carbocycles. The van der Waals surface area contributed by atoms with E-state index in [1.54, 1.807) is 0 Å². The second kappa shape index (κ2) is 6.78. The van der Waals surface area contributed by atoms with Crippen LogP contribution in [0.5, 0.6) is 0 Å². The van der Waals surface area contributed by atoms with E-state index in [1.807, 2.05) is 67.6 Å². The summed E-state index contributed by atoms with van der Waals surface area (Å²) in [7, 11) is 0. The maximum absolute atomic E-state index is 9.49. The molecule has 23 heavy (non-hydrogen) atoms. The maximum atomic E-state index is 9.49. The van der Waals surface area contributed by atoms with E-state index in [1.165, 1.54) is 11.3 Å². The van der Waals surface area contributed by atoms with Crippen molar-refractivity contribution in [2.75, 3.05) is 0 Å². The van der Waals surface area contributed by atoms with Gasteiger partial charge in [0.15, 0.2) is 0 Å². The van der Waals surface area contributed by atoms with Crippen molar-refractivity contribution in [2.24, 2.45) is 0 Å². The van der Waals surface area contributed by atoms with Crippen LogP contribution in [0.25, 0.3) is 22.9 Å². The van der Waals surface area contributed by atoms with Crippen LogP contribution in [0.15, 0.2) is 54.6 Å². The van der Waals surface area contributed by atoms with Gasteiger partial charge in [-0.2, -0.15) is 5.26 Å². The van der Waals surface area contributed by atoms with E-state index >= 15 is 0 Å². The van der Waals surface area contributed by atoms with Crippen molar-refractivity contribution >= 4 is 34.6 Å². The number of halogens is 1. The number of aryl methyl sites for hydroxylation is 1. The molecule has 1 aromatic heterocycles. The molecule has 2 nitrogen and oxygen atoms in total. The molecule has 0 unspecified atom stereocenters. The van der Waals surface area contributed by atoms with Gasteiger partial charge < -0.3 is 0 Å². The minimum absolute atomic E-state index is 0.558. The van der Waals surface area contributed by atoms with Gasteiger partial charge >= 0.3 is 0 Å². The molecule has 0 saturated carbocycles. The number of rotatable bonds is 3. The second-order valence-electron chi connectivity index (χ2n) is 5.01. The largest absolute Gasteiger partial charge is 0.235 e. The highest BCUT2D eigenvalue weighted by molar-refractivity contribution is 7.13. The summed E-state index contributed by atoms with van der Waals surface area (Å²) in [4.78, 5) is 5.77. The third-order valence-electron chi connectivity index (χ3n) is 3.38. The molecule has 0 aliphatic heterocycles.